The van der Waals surface area contributed by atoms with Gasteiger partial charge in [0.25, 0.3) is 0 Å². The van der Waals surface area contributed by atoms with Crippen LogP contribution in [0, 0.1) is 0 Å². The standard InChI is InChI=1S/C11H16N2O/c1-13(2)11(14)10(12)8-9-6-4-3-5-7-9/h3-7,10H,8,12H2,1-2H3. The van der Waals surface area contributed by atoms with E-state index in [-0.39, 0.29) is 5.91 Å². The molecule has 0 aromatic heterocycles. The first kappa shape index (κ1) is 10.7. The monoisotopic (exact) mass is 192 g/mol. The predicted molar refractivity (Wildman–Crippen MR) is 56.8 cm³/mol. The summed E-state index contributed by atoms with van der Waals surface area (Å²) in [5, 5.41) is 0. The molecule has 1 unspecified atom stereocenters. The van der Waals surface area contributed by atoms with E-state index in [1.807, 2.05) is 30.3 Å². The molecule has 0 saturated carbocycles. The molecule has 0 radical (unpaired) electrons. The highest BCUT2D eigenvalue weighted by Crippen LogP contribution is 2.02. The van der Waals surface area contributed by atoms with Crippen LogP contribution in [0.1, 0.15) is 5.56 Å². The summed E-state index contributed by atoms with van der Waals surface area (Å²) in [7, 11) is 3.43. The van der Waals surface area contributed by atoms with Crippen LogP contribution in [0.3, 0.4) is 0 Å². The molecule has 0 fully saturated rings. The van der Waals surface area contributed by atoms with Crippen LogP contribution in [-0.2, 0) is 11.2 Å². The average Bonchev–Trinajstić information content (AvgIpc) is 2.18. The van der Waals surface area contributed by atoms with Gasteiger partial charge in [0.2, 0.25) is 5.91 Å². The maximum absolute atomic E-state index is 11.4. The average molecular weight is 192 g/mol. The molecule has 0 bridgehead atoms. The lowest BCUT2D eigenvalue weighted by Gasteiger charge is -2.16. The van der Waals surface area contributed by atoms with Gasteiger partial charge in [-0.1, -0.05) is 30.3 Å². The number of benzene rings is 1. The van der Waals surface area contributed by atoms with Crippen LogP contribution >= 0.6 is 0 Å². The Kier molecular flexibility index (Phi) is 3.65. The third-order valence-electron chi connectivity index (χ3n) is 2.06. The SMILES string of the molecule is CN(C)C(=O)C(N)Cc1ccccc1. The lowest BCUT2D eigenvalue weighted by molar-refractivity contribution is -0.130. The fourth-order valence-corrected chi connectivity index (χ4v) is 1.29. The van der Waals surface area contributed by atoms with E-state index in [2.05, 4.69) is 0 Å². The van der Waals surface area contributed by atoms with Crippen molar-refractivity contribution in [1.82, 2.24) is 4.90 Å². The normalized spacial score (nSPS) is 12.2. The van der Waals surface area contributed by atoms with Gasteiger partial charge in [-0.2, -0.15) is 0 Å². The largest absolute Gasteiger partial charge is 0.347 e. The van der Waals surface area contributed by atoms with Crippen molar-refractivity contribution in [1.29, 1.82) is 0 Å². The maximum Gasteiger partial charge on any atom is 0.239 e. The van der Waals surface area contributed by atoms with Gasteiger partial charge in [0.15, 0.2) is 0 Å². The van der Waals surface area contributed by atoms with Crippen molar-refractivity contribution in [2.24, 2.45) is 5.73 Å². The minimum absolute atomic E-state index is 0.0335. The summed E-state index contributed by atoms with van der Waals surface area (Å²) in [4.78, 5) is 13.0. The minimum atomic E-state index is -0.438. The molecule has 1 rings (SSSR count). The molecule has 0 heterocycles. The predicted octanol–water partition coefficient (Wildman–Crippen LogP) is 0.645. The van der Waals surface area contributed by atoms with Crippen molar-refractivity contribution in [2.45, 2.75) is 12.5 Å². The number of hydrogen-bond acceptors (Lipinski definition) is 2. The van der Waals surface area contributed by atoms with Crippen LogP contribution in [0.2, 0.25) is 0 Å². The van der Waals surface area contributed by atoms with E-state index >= 15 is 0 Å². The zero-order valence-corrected chi connectivity index (χ0v) is 8.60. The zero-order chi connectivity index (χ0) is 10.6. The van der Waals surface area contributed by atoms with Gasteiger partial charge in [-0.25, -0.2) is 0 Å². The molecule has 0 saturated heterocycles. The van der Waals surface area contributed by atoms with Crippen LogP contribution in [0.4, 0.5) is 0 Å². The molecular weight excluding hydrogens is 176 g/mol. The van der Waals surface area contributed by atoms with Crippen LogP contribution in [0.15, 0.2) is 30.3 Å². The van der Waals surface area contributed by atoms with Gasteiger partial charge in [-0.3, -0.25) is 4.79 Å². The van der Waals surface area contributed by atoms with Gasteiger partial charge in [-0.15, -0.1) is 0 Å². The Morgan fingerprint density at radius 1 is 1.36 bits per heavy atom. The van der Waals surface area contributed by atoms with E-state index < -0.39 is 6.04 Å². The summed E-state index contributed by atoms with van der Waals surface area (Å²) in [6.45, 7) is 0. The lowest BCUT2D eigenvalue weighted by Crippen LogP contribution is -2.41. The highest BCUT2D eigenvalue weighted by Gasteiger charge is 2.15. The second-order valence-electron chi connectivity index (χ2n) is 3.53. The first-order chi connectivity index (χ1) is 6.61. The smallest absolute Gasteiger partial charge is 0.239 e. The van der Waals surface area contributed by atoms with E-state index in [0.29, 0.717) is 6.42 Å². The number of amides is 1. The summed E-state index contributed by atoms with van der Waals surface area (Å²) in [5.41, 5.74) is 6.85. The molecule has 2 N–H and O–H groups in total. The number of nitrogens with zero attached hydrogens (tertiary/aromatic N) is 1. The van der Waals surface area contributed by atoms with Gasteiger partial charge in [0.1, 0.15) is 0 Å². The highest BCUT2D eigenvalue weighted by molar-refractivity contribution is 5.81. The first-order valence-electron chi connectivity index (χ1n) is 4.62. The maximum atomic E-state index is 11.4. The molecule has 76 valence electrons. The van der Waals surface area contributed by atoms with Gasteiger partial charge in [0, 0.05) is 14.1 Å². The lowest BCUT2D eigenvalue weighted by atomic mass is 10.1. The molecule has 1 aromatic rings. The van der Waals surface area contributed by atoms with Crippen molar-refractivity contribution in [3.63, 3.8) is 0 Å². The van der Waals surface area contributed by atoms with Gasteiger partial charge in [0.05, 0.1) is 6.04 Å². The molecule has 3 nitrogen and oxygen atoms in total. The number of nitrogens with two attached hydrogens (primary N) is 1. The Balaban J connectivity index is 2.57. The van der Waals surface area contributed by atoms with Gasteiger partial charge < -0.3 is 10.6 Å². The molecule has 0 aliphatic heterocycles. The van der Waals surface area contributed by atoms with E-state index in [1.165, 1.54) is 4.90 Å². The summed E-state index contributed by atoms with van der Waals surface area (Å²) < 4.78 is 0. The zero-order valence-electron chi connectivity index (χ0n) is 8.60. The van der Waals surface area contributed by atoms with E-state index in [0.717, 1.165) is 5.56 Å². The Labute approximate surface area is 84.5 Å². The minimum Gasteiger partial charge on any atom is -0.347 e. The molecule has 1 amide bonds. The second kappa shape index (κ2) is 4.77. The highest BCUT2D eigenvalue weighted by atomic mass is 16.2. The van der Waals surface area contributed by atoms with Crippen LogP contribution in [-0.4, -0.2) is 30.9 Å². The Morgan fingerprint density at radius 3 is 2.43 bits per heavy atom. The third kappa shape index (κ3) is 2.85. The van der Waals surface area contributed by atoms with Crippen LogP contribution < -0.4 is 5.73 Å². The molecule has 0 aliphatic rings. The van der Waals surface area contributed by atoms with E-state index in [4.69, 9.17) is 5.73 Å². The third-order valence-corrected chi connectivity index (χ3v) is 2.06. The summed E-state index contributed by atoms with van der Waals surface area (Å²) >= 11 is 0. The topological polar surface area (TPSA) is 46.3 Å². The van der Waals surface area contributed by atoms with Gasteiger partial charge in [-0.05, 0) is 12.0 Å². The van der Waals surface area contributed by atoms with E-state index in [1.54, 1.807) is 14.1 Å². The number of rotatable bonds is 3. The van der Waals surface area contributed by atoms with Crippen molar-refractivity contribution in [2.75, 3.05) is 14.1 Å². The Morgan fingerprint density at radius 2 is 1.93 bits per heavy atom. The van der Waals surface area contributed by atoms with Crippen molar-refractivity contribution < 1.29 is 4.79 Å². The Bertz CT molecular complexity index is 295. The summed E-state index contributed by atoms with van der Waals surface area (Å²) in [6, 6.07) is 9.35. The van der Waals surface area contributed by atoms with Crippen molar-refractivity contribution in [3.8, 4) is 0 Å². The van der Waals surface area contributed by atoms with Crippen LogP contribution in [0.5, 0.6) is 0 Å². The van der Waals surface area contributed by atoms with Crippen molar-refractivity contribution in [3.05, 3.63) is 35.9 Å². The summed E-state index contributed by atoms with van der Waals surface area (Å²) in [6.07, 6.45) is 0.595. The molecule has 14 heavy (non-hydrogen) atoms. The van der Waals surface area contributed by atoms with Crippen LogP contribution in [0.25, 0.3) is 0 Å². The number of carbonyl (C=O) groups excluding carboxylic acids is 1. The molecule has 1 aromatic carbocycles. The fourth-order valence-electron chi connectivity index (χ4n) is 1.29. The number of hydrogen-bond donors (Lipinski definition) is 1. The first-order valence-corrected chi connectivity index (χ1v) is 4.62. The van der Waals surface area contributed by atoms with E-state index in [9.17, 15) is 4.79 Å². The molecular formula is C11H16N2O. The molecule has 1 atom stereocenters. The number of likely N-dealkylation sites (N-methyl/N-ethyl adjacent to an activating group) is 1. The van der Waals surface area contributed by atoms with Crippen molar-refractivity contribution >= 4 is 5.91 Å². The van der Waals surface area contributed by atoms with Gasteiger partial charge >= 0.3 is 0 Å². The molecule has 0 aliphatic carbocycles. The Hall–Kier alpha value is -1.35. The molecule has 3 heteroatoms. The second-order valence-corrected chi connectivity index (χ2v) is 3.53. The number of carbonyl (C=O) groups is 1. The molecule has 0 spiro atoms. The quantitative estimate of drug-likeness (QED) is 0.764. The fraction of sp³-hybridized carbons (Fsp3) is 0.364. The summed E-state index contributed by atoms with van der Waals surface area (Å²) in [5.74, 6) is -0.0335.